The van der Waals surface area contributed by atoms with Crippen molar-refractivity contribution in [3.63, 3.8) is 0 Å². The van der Waals surface area contributed by atoms with Crippen LogP contribution in [0, 0.1) is 5.92 Å². The van der Waals surface area contributed by atoms with Crippen molar-refractivity contribution in [2.45, 2.75) is 51.2 Å². The Bertz CT molecular complexity index is 462. The molecule has 112 valence electrons. The summed E-state index contributed by atoms with van der Waals surface area (Å²) >= 11 is 3.05. The lowest BCUT2D eigenvalue weighted by Gasteiger charge is -2.32. The van der Waals surface area contributed by atoms with Gasteiger partial charge in [-0.3, -0.25) is 0 Å². The molecule has 0 aliphatic heterocycles. The van der Waals surface area contributed by atoms with Gasteiger partial charge in [-0.1, -0.05) is 26.2 Å². The van der Waals surface area contributed by atoms with Crippen molar-refractivity contribution in [1.29, 1.82) is 0 Å². The van der Waals surface area contributed by atoms with E-state index in [9.17, 15) is 13.2 Å². The number of halogens is 4. The van der Waals surface area contributed by atoms with Gasteiger partial charge in [0.05, 0.1) is 5.56 Å². The van der Waals surface area contributed by atoms with Gasteiger partial charge in [-0.25, -0.2) is 4.98 Å². The van der Waals surface area contributed by atoms with E-state index in [-0.39, 0.29) is 11.9 Å². The predicted molar refractivity (Wildman–Crippen MR) is 76.6 cm³/mol. The Labute approximate surface area is 125 Å². The fourth-order valence-electron chi connectivity index (χ4n) is 2.83. The summed E-state index contributed by atoms with van der Waals surface area (Å²) in [7, 11) is 0. The van der Waals surface area contributed by atoms with Crippen molar-refractivity contribution in [2.24, 2.45) is 5.92 Å². The predicted octanol–water partition coefficient (Wildman–Crippen LogP) is 5.24. The van der Waals surface area contributed by atoms with Crippen LogP contribution in [-0.2, 0) is 6.18 Å². The number of aromatic nitrogens is 1. The molecule has 1 N–H and O–H groups in total. The molecule has 1 aliphatic carbocycles. The lowest BCUT2D eigenvalue weighted by Crippen LogP contribution is -2.33. The second-order valence-corrected chi connectivity index (χ2v) is 6.17. The summed E-state index contributed by atoms with van der Waals surface area (Å²) in [6, 6.07) is 1.17. The number of rotatable bonds is 3. The van der Waals surface area contributed by atoms with Crippen LogP contribution in [0.15, 0.2) is 16.7 Å². The Morgan fingerprint density at radius 1 is 1.35 bits per heavy atom. The van der Waals surface area contributed by atoms with E-state index in [1.165, 1.54) is 6.20 Å². The first-order valence-electron chi connectivity index (χ1n) is 6.91. The molecule has 1 saturated carbocycles. The summed E-state index contributed by atoms with van der Waals surface area (Å²) in [5, 5.41) is 3.03. The zero-order chi connectivity index (χ0) is 14.8. The molecule has 20 heavy (non-hydrogen) atoms. The zero-order valence-corrected chi connectivity index (χ0v) is 12.9. The topological polar surface area (TPSA) is 24.9 Å². The van der Waals surface area contributed by atoms with Crippen LogP contribution in [0.3, 0.4) is 0 Å². The molecule has 1 aromatic rings. The normalized spacial score (nSPS) is 23.6. The number of alkyl halides is 3. The maximum absolute atomic E-state index is 13.1. The molecule has 1 fully saturated rings. The first kappa shape index (κ1) is 15.6. The van der Waals surface area contributed by atoms with E-state index in [0.717, 1.165) is 38.2 Å². The Morgan fingerprint density at radius 2 is 2.05 bits per heavy atom. The fraction of sp³-hybridized carbons (Fsp3) is 0.643. The van der Waals surface area contributed by atoms with Gasteiger partial charge in [-0.05, 0) is 40.8 Å². The summed E-state index contributed by atoms with van der Waals surface area (Å²) in [4.78, 5) is 3.93. The molecular formula is C14H18BrF3N2. The van der Waals surface area contributed by atoms with Gasteiger partial charge in [0.2, 0.25) is 0 Å². The minimum Gasteiger partial charge on any atom is -0.367 e. The van der Waals surface area contributed by atoms with Gasteiger partial charge in [0, 0.05) is 16.7 Å². The summed E-state index contributed by atoms with van der Waals surface area (Å²) in [6.45, 7) is 2.09. The van der Waals surface area contributed by atoms with E-state index < -0.39 is 11.7 Å². The first-order chi connectivity index (χ1) is 9.41. The van der Waals surface area contributed by atoms with Crippen molar-refractivity contribution in [1.82, 2.24) is 4.98 Å². The molecule has 6 heteroatoms. The van der Waals surface area contributed by atoms with Gasteiger partial charge >= 0.3 is 6.18 Å². The average molecular weight is 351 g/mol. The molecule has 0 aromatic carbocycles. The molecule has 1 heterocycles. The molecule has 0 amide bonds. The largest absolute Gasteiger partial charge is 0.419 e. The third-order valence-corrected chi connectivity index (χ3v) is 4.35. The highest BCUT2D eigenvalue weighted by atomic mass is 79.9. The number of anilines is 1. The Morgan fingerprint density at radius 3 is 2.70 bits per heavy atom. The molecule has 2 rings (SSSR count). The van der Waals surface area contributed by atoms with Crippen LogP contribution in [0.25, 0.3) is 0 Å². The van der Waals surface area contributed by atoms with Gasteiger partial charge < -0.3 is 5.32 Å². The number of nitrogens with zero attached hydrogens (tertiary/aromatic N) is 1. The summed E-state index contributed by atoms with van der Waals surface area (Å²) < 4.78 is 39.5. The smallest absolute Gasteiger partial charge is 0.367 e. The van der Waals surface area contributed by atoms with Crippen LogP contribution in [0.5, 0.6) is 0 Å². The summed E-state index contributed by atoms with van der Waals surface area (Å²) in [5.41, 5.74) is -0.702. The highest BCUT2D eigenvalue weighted by Gasteiger charge is 2.36. The van der Waals surface area contributed by atoms with Crippen LogP contribution in [0.4, 0.5) is 19.0 Å². The van der Waals surface area contributed by atoms with E-state index in [1.807, 2.05) is 0 Å². The van der Waals surface area contributed by atoms with Crippen LogP contribution in [0.1, 0.15) is 44.6 Å². The van der Waals surface area contributed by atoms with Crippen molar-refractivity contribution < 1.29 is 13.2 Å². The minimum atomic E-state index is -4.39. The van der Waals surface area contributed by atoms with Gasteiger partial charge in [0.15, 0.2) is 0 Å². The maximum Gasteiger partial charge on any atom is 0.419 e. The summed E-state index contributed by atoms with van der Waals surface area (Å²) in [5.74, 6) is 0.376. The molecule has 2 nitrogen and oxygen atoms in total. The number of hydrogen-bond donors (Lipinski definition) is 1. The Hall–Kier alpha value is -0.780. The molecule has 0 spiro atoms. The van der Waals surface area contributed by atoms with E-state index in [2.05, 4.69) is 33.2 Å². The second-order valence-electron chi connectivity index (χ2n) is 5.25. The van der Waals surface area contributed by atoms with E-state index in [4.69, 9.17) is 0 Å². The quantitative estimate of drug-likeness (QED) is 0.805. The van der Waals surface area contributed by atoms with Gasteiger partial charge in [-0.15, -0.1) is 0 Å². The molecule has 0 saturated heterocycles. The maximum atomic E-state index is 13.1. The molecule has 1 aromatic heterocycles. The monoisotopic (exact) mass is 350 g/mol. The summed E-state index contributed by atoms with van der Waals surface area (Å²) in [6.07, 6.45) is 2.20. The SMILES string of the molecule is CCC1CCCCC1Nc1ncc(Br)cc1C(F)(F)F. The van der Waals surface area contributed by atoms with Crippen LogP contribution in [-0.4, -0.2) is 11.0 Å². The molecular weight excluding hydrogens is 333 g/mol. The third-order valence-electron chi connectivity index (χ3n) is 3.92. The van der Waals surface area contributed by atoms with Gasteiger partial charge in [-0.2, -0.15) is 13.2 Å². The Balaban J connectivity index is 2.24. The van der Waals surface area contributed by atoms with Crippen LogP contribution in [0.2, 0.25) is 0 Å². The highest BCUT2D eigenvalue weighted by Crippen LogP contribution is 2.37. The average Bonchev–Trinajstić information content (AvgIpc) is 2.40. The number of hydrogen-bond acceptors (Lipinski definition) is 2. The first-order valence-corrected chi connectivity index (χ1v) is 7.70. The van der Waals surface area contributed by atoms with Gasteiger partial charge in [0.1, 0.15) is 5.82 Å². The van der Waals surface area contributed by atoms with Crippen LogP contribution >= 0.6 is 15.9 Å². The molecule has 0 bridgehead atoms. The van der Waals surface area contributed by atoms with Crippen molar-refractivity contribution in [3.05, 3.63) is 22.3 Å². The molecule has 2 atom stereocenters. The number of nitrogens with one attached hydrogen (secondary N) is 1. The fourth-order valence-corrected chi connectivity index (χ4v) is 3.16. The molecule has 0 radical (unpaired) electrons. The molecule has 2 unspecified atom stereocenters. The van der Waals surface area contributed by atoms with E-state index >= 15 is 0 Å². The van der Waals surface area contributed by atoms with Gasteiger partial charge in [0.25, 0.3) is 0 Å². The van der Waals surface area contributed by atoms with E-state index in [0.29, 0.717) is 10.4 Å². The Kier molecular flexibility index (Phi) is 4.94. The minimum absolute atomic E-state index is 0.0500. The number of pyridine rings is 1. The van der Waals surface area contributed by atoms with Crippen molar-refractivity contribution >= 4 is 21.7 Å². The lowest BCUT2D eigenvalue weighted by molar-refractivity contribution is -0.137. The van der Waals surface area contributed by atoms with Crippen LogP contribution < -0.4 is 5.32 Å². The second kappa shape index (κ2) is 6.33. The standard InChI is InChI=1S/C14H18BrF3N2/c1-2-9-5-3-4-6-12(9)20-13-11(14(16,17)18)7-10(15)8-19-13/h7-9,12H,2-6H2,1H3,(H,19,20). The highest BCUT2D eigenvalue weighted by molar-refractivity contribution is 9.10. The zero-order valence-electron chi connectivity index (χ0n) is 11.3. The van der Waals surface area contributed by atoms with Crippen molar-refractivity contribution in [3.8, 4) is 0 Å². The van der Waals surface area contributed by atoms with E-state index in [1.54, 1.807) is 0 Å². The van der Waals surface area contributed by atoms with Crippen molar-refractivity contribution in [2.75, 3.05) is 5.32 Å². The molecule has 1 aliphatic rings. The third kappa shape index (κ3) is 3.65. The lowest BCUT2D eigenvalue weighted by atomic mass is 9.83.